The summed E-state index contributed by atoms with van der Waals surface area (Å²) in [7, 11) is -4.41. The number of benzene rings is 3. The van der Waals surface area contributed by atoms with Gasteiger partial charge in [-0.05, 0) is 84.6 Å². The molecule has 0 radical (unpaired) electrons. The van der Waals surface area contributed by atoms with Crippen LogP contribution in [0.1, 0.15) is 46.3 Å². The molecule has 0 aliphatic carbocycles. The summed E-state index contributed by atoms with van der Waals surface area (Å²) in [6.45, 7) is 2.94. The summed E-state index contributed by atoms with van der Waals surface area (Å²) in [5.74, 6) is -1.14. The Morgan fingerprint density at radius 1 is 0.959 bits per heavy atom. The van der Waals surface area contributed by atoms with Gasteiger partial charge in [-0.3, -0.25) is 10.1 Å². The van der Waals surface area contributed by atoms with Gasteiger partial charge in [0, 0.05) is 22.3 Å². The monoisotopic (exact) mass is 714 g/mol. The van der Waals surface area contributed by atoms with Crippen LogP contribution < -0.4 is 26.2 Å². The van der Waals surface area contributed by atoms with Crippen LogP contribution >= 0.6 is 0 Å². The van der Waals surface area contributed by atoms with E-state index in [9.17, 15) is 44.3 Å². The van der Waals surface area contributed by atoms with Crippen LogP contribution in [-0.4, -0.2) is 33.0 Å². The number of hydrogen-bond acceptors (Lipinski definition) is 8. The Morgan fingerprint density at radius 3 is 2.12 bits per heavy atom. The predicted molar refractivity (Wildman–Crippen MR) is 167 cm³/mol. The number of alkyl halides is 6. The Balaban J connectivity index is 1.47. The van der Waals surface area contributed by atoms with Crippen LogP contribution in [0, 0.1) is 6.92 Å². The van der Waals surface area contributed by atoms with Gasteiger partial charge >= 0.3 is 18.4 Å². The summed E-state index contributed by atoms with van der Waals surface area (Å²) >= 11 is 0. The SMILES string of the molecule is CCc1cc(C(Nc2ccc(/C(N)=N/COC(=O)Nc3cc(C(F)(F)F)cc(C(F)(F)F)c3)cc2)C(=O)NS(N)(=O)=O)cc2c(C)coc12. The number of aryl methyl sites for hydroxylation is 2. The largest absolute Gasteiger partial charge is 0.464 e. The molecule has 0 saturated carbocycles. The molecule has 7 N–H and O–H groups in total. The second-order valence-corrected chi connectivity index (χ2v) is 11.8. The fourth-order valence-electron chi connectivity index (χ4n) is 4.62. The Labute approximate surface area is 274 Å². The van der Waals surface area contributed by atoms with E-state index in [-0.39, 0.29) is 17.5 Å². The first kappa shape index (κ1) is 36.5. The van der Waals surface area contributed by atoms with Gasteiger partial charge < -0.3 is 20.2 Å². The molecular weight excluding hydrogens is 686 g/mol. The summed E-state index contributed by atoms with van der Waals surface area (Å²) in [5.41, 5.74) is 5.09. The van der Waals surface area contributed by atoms with Crippen molar-refractivity contribution in [2.75, 3.05) is 17.4 Å². The van der Waals surface area contributed by atoms with E-state index in [4.69, 9.17) is 20.0 Å². The first-order chi connectivity index (χ1) is 22.7. The smallest absolute Gasteiger partial charge is 0.416 e. The quantitative estimate of drug-likeness (QED) is 0.0782. The molecule has 4 rings (SSSR count). The van der Waals surface area contributed by atoms with Gasteiger partial charge in [0.15, 0.2) is 6.73 Å². The minimum atomic E-state index is -5.11. The van der Waals surface area contributed by atoms with E-state index in [1.54, 1.807) is 28.4 Å². The minimum absolute atomic E-state index is 0.0924. The highest BCUT2D eigenvalue weighted by Gasteiger charge is 2.37. The van der Waals surface area contributed by atoms with E-state index in [2.05, 4.69) is 10.3 Å². The number of carbonyl (C=O) groups excluding carboxylic acids is 2. The highest BCUT2D eigenvalue weighted by molar-refractivity contribution is 7.87. The number of rotatable bonds is 10. The van der Waals surface area contributed by atoms with E-state index in [1.165, 1.54) is 24.3 Å². The van der Waals surface area contributed by atoms with Crippen LogP contribution in [-0.2, 0) is 38.5 Å². The molecule has 1 atom stereocenters. The number of nitrogens with one attached hydrogen (secondary N) is 3. The van der Waals surface area contributed by atoms with Gasteiger partial charge in [-0.2, -0.15) is 34.8 Å². The number of fused-ring (bicyclic) bond motifs is 1. The van der Waals surface area contributed by atoms with Crippen molar-refractivity contribution >= 4 is 50.4 Å². The summed E-state index contributed by atoms with van der Waals surface area (Å²) in [6.07, 6.45) is -9.52. The predicted octanol–water partition coefficient (Wildman–Crippen LogP) is 5.73. The van der Waals surface area contributed by atoms with Crippen LogP contribution in [0.15, 0.2) is 70.3 Å². The summed E-state index contributed by atoms with van der Waals surface area (Å²) in [6, 6.07) is 8.55. The van der Waals surface area contributed by atoms with Crippen molar-refractivity contribution in [1.29, 1.82) is 0 Å². The third-order valence-electron chi connectivity index (χ3n) is 6.94. The van der Waals surface area contributed by atoms with Crippen molar-refractivity contribution in [2.45, 2.75) is 38.7 Å². The molecule has 0 aliphatic heterocycles. The lowest BCUT2D eigenvalue weighted by Gasteiger charge is -2.20. The molecule has 3 aromatic carbocycles. The van der Waals surface area contributed by atoms with Crippen molar-refractivity contribution < 1.29 is 53.5 Å². The highest BCUT2D eigenvalue weighted by Crippen LogP contribution is 2.37. The molecule has 4 aromatic rings. The molecule has 0 saturated heterocycles. The van der Waals surface area contributed by atoms with Gasteiger partial charge in [0.25, 0.3) is 16.1 Å². The molecule has 1 heterocycles. The highest BCUT2D eigenvalue weighted by atomic mass is 32.2. The number of anilines is 2. The van der Waals surface area contributed by atoms with Crippen LogP contribution in [0.4, 0.5) is 42.5 Å². The number of carbonyl (C=O) groups is 2. The fraction of sp³-hybridized carbons (Fsp3) is 0.233. The first-order valence-corrected chi connectivity index (χ1v) is 15.5. The van der Waals surface area contributed by atoms with E-state index >= 15 is 0 Å². The zero-order valence-corrected chi connectivity index (χ0v) is 26.3. The summed E-state index contributed by atoms with van der Waals surface area (Å²) in [5, 5.41) is 10.5. The Hall–Kier alpha value is -5.30. The lowest BCUT2D eigenvalue weighted by molar-refractivity contribution is -0.143. The Bertz CT molecular complexity index is 1980. The van der Waals surface area contributed by atoms with E-state index in [1.807, 2.05) is 13.8 Å². The normalized spacial score (nSPS) is 13.2. The average Bonchev–Trinajstić information content (AvgIpc) is 3.38. The standard InChI is InChI=1S/C30H28F6N6O6S/c1-3-16-8-18(9-23-15(2)13-47-25(16)23)24(27(43)42-49(38,45)46)40-21-6-4-17(5-7-21)26(37)39-14-48-28(44)41-22-11-19(29(31,32)33)10-20(12-22)30(34,35)36/h4-13,24,40H,3,14H2,1-2H3,(H2,37,39)(H,41,44)(H,42,43)(H2,38,45,46). The molecule has 49 heavy (non-hydrogen) atoms. The Morgan fingerprint density at radius 2 is 1.57 bits per heavy atom. The maximum absolute atomic E-state index is 13.1. The molecule has 2 amide bonds. The van der Waals surface area contributed by atoms with E-state index < -0.39 is 64.1 Å². The second kappa shape index (κ2) is 14.0. The van der Waals surface area contributed by atoms with Crippen molar-refractivity contribution in [3.8, 4) is 0 Å². The van der Waals surface area contributed by atoms with Gasteiger partial charge in [0.1, 0.15) is 17.5 Å². The third kappa shape index (κ3) is 9.41. The zero-order valence-electron chi connectivity index (χ0n) is 25.5. The average molecular weight is 715 g/mol. The molecule has 0 aliphatic rings. The second-order valence-electron chi connectivity index (χ2n) is 10.5. The molecule has 1 unspecified atom stereocenters. The topological polar surface area (TPSA) is 191 Å². The van der Waals surface area contributed by atoms with Crippen molar-refractivity contribution in [3.63, 3.8) is 0 Å². The van der Waals surface area contributed by atoms with Gasteiger partial charge in [0.2, 0.25) is 0 Å². The van der Waals surface area contributed by atoms with Gasteiger partial charge in [-0.15, -0.1) is 0 Å². The van der Waals surface area contributed by atoms with Crippen LogP contribution in [0.5, 0.6) is 0 Å². The third-order valence-corrected chi connectivity index (χ3v) is 7.43. The molecular formula is C30H28F6N6O6S. The number of aliphatic imine (C=N–C) groups is 1. The van der Waals surface area contributed by atoms with Gasteiger partial charge in [-0.25, -0.2) is 19.6 Å². The molecule has 19 heteroatoms. The molecule has 0 spiro atoms. The van der Waals surface area contributed by atoms with Gasteiger partial charge in [-0.1, -0.05) is 6.92 Å². The van der Waals surface area contributed by atoms with Crippen molar-refractivity contribution in [3.05, 3.63) is 94.2 Å². The summed E-state index contributed by atoms with van der Waals surface area (Å²) < 4.78 is 114. The number of halogens is 6. The number of nitrogens with two attached hydrogens (primary N) is 2. The van der Waals surface area contributed by atoms with Crippen molar-refractivity contribution in [2.24, 2.45) is 15.9 Å². The first-order valence-electron chi connectivity index (χ1n) is 14.0. The number of ether oxygens (including phenoxy) is 1. The van der Waals surface area contributed by atoms with Crippen molar-refractivity contribution in [1.82, 2.24) is 4.72 Å². The van der Waals surface area contributed by atoms with Gasteiger partial charge in [0.05, 0.1) is 17.4 Å². The van der Waals surface area contributed by atoms with Crippen LogP contribution in [0.25, 0.3) is 11.0 Å². The molecule has 262 valence electrons. The van der Waals surface area contributed by atoms with E-state index in [0.717, 1.165) is 16.5 Å². The number of hydrogen-bond donors (Lipinski definition) is 5. The molecule has 1 aromatic heterocycles. The number of amidine groups is 1. The van der Waals surface area contributed by atoms with Crippen LogP contribution in [0.3, 0.4) is 0 Å². The number of amides is 2. The van der Waals surface area contributed by atoms with E-state index in [0.29, 0.717) is 35.4 Å². The lowest BCUT2D eigenvalue weighted by Crippen LogP contribution is -2.41. The maximum Gasteiger partial charge on any atom is 0.416 e. The zero-order chi connectivity index (χ0) is 36.3. The summed E-state index contributed by atoms with van der Waals surface area (Å²) in [4.78, 5) is 29.0. The fourth-order valence-corrected chi connectivity index (χ4v) is 5.02. The Kier molecular flexibility index (Phi) is 10.5. The molecule has 12 nitrogen and oxygen atoms in total. The molecule has 0 bridgehead atoms. The molecule has 0 fully saturated rings. The number of nitrogens with zero attached hydrogens (tertiary/aromatic N) is 1. The maximum atomic E-state index is 13.1. The number of furan rings is 1. The minimum Gasteiger partial charge on any atom is -0.464 e. The van der Waals surface area contributed by atoms with Crippen LogP contribution in [0.2, 0.25) is 0 Å². The lowest BCUT2D eigenvalue weighted by atomic mass is 9.98.